The lowest BCUT2D eigenvalue weighted by molar-refractivity contribution is -0.117. The molecular formula is C14H15N3O. The molecule has 0 atom stereocenters. The molecule has 2 aromatic rings. The number of hydrogen-bond donors (Lipinski definition) is 1. The Labute approximate surface area is 106 Å². The fraction of sp³-hybridized carbons (Fsp3) is 0.143. The molecule has 2 rings (SSSR count). The number of aromatic nitrogens is 1. The van der Waals surface area contributed by atoms with E-state index in [4.69, 9.17) is 5.73 Å². The van der Waals surface area contributed by atoms with Crippen molar-refractivity contribution in [1.29, 1.82) is 0 Å². The predicted octanol–water partition coefficient (Wildman–Crippen LogP) is 1.87. The number of nitrogens with zero attached hydrogens (tertiary/aromatic N) is 2. The summed E-state index contributed by atoms with van der Waals surface area (Å²) in [4.78, 5) is 17.8. The molecule has 18 heavy (non-hydrogen) atoms. The van der Waals surface area contributed by atoms with Crippen molar-refractivity contribution in [1.82, 2.24) is 4.98 Å². The minimum atomic E-state index is -0.0356. The van der Waals surface area contributed by atoms with Crippen LogP contribution in [-0.2, 0) is 11.2 Å². The van der Waals surface area contributed by atoms with Crippen molar-refractivity contribution in [2.75, 3.05) is 17.7 Å². The molecule has 1 amide bonds. The molecule has 0 saturated heterocycles. The van der Waals surface area contributed by atoms with Crippen molar-refractivity contribution in [3.05, 3.63) is 54.2 Å². The van der Waals surface area contributed by atoms with Crippen molar-refractivity contribution in [3.63, 3.8) is 0 Å². The summed E-state index contributed by atoms with van der Waals surface area (Å²) in [6.07, 6.45) is 1.94. The van der Waals surface area contributed by atoms with Crippen LogP contribution >= 0.6 is 0 Å². The first-order chi connectivity index (χ1) is 8.68. The maximum Gasteiger partial charge on any atom is 0.232 e. The lowest BCUT2D eigenvalue weighted by Crippen LogP contribution is -2.28. The van der Waals surface area contributed by atoms with Gasteiger partial charge in [-0.25, -0.2) is 4.98 Å². The Morgan fingerprint density at radius 1 is 1.22 bits per heavy atom. The van der Waals surface area contributed by atoms with Gasteiger partial charge in [0.2, 0.25) is 5.91 Å². The molecule has 0 spiro atoms. The first kappa shape index (κ1) is 12.1. The third-order valence-corrected chi connectivity index (χ3v) is 2.76. The lowest BCUT2D eigenvalue weighted by Gasteiger charge is -2.16. The maximum atomic E-state index is 12.1. The minimum Gasteiger partial charge on any atom is -0.398 e. The third-order valence-electron chi connectivity index (χ3n) is 2.76. The zero-order chi connectivity index (χ0) is 13.0. The zero-order valence-electron chi connectivity index (χ0n) is 10.2. The summed E-state index contributed by atoms with van der Waals surface area (Å²) in [5.41, 5.74) is 7.30. The van der Waals surface area contributed by atoms with Crippen molar-refractivity contribution < 1.29 is 4.79 Å². The van der Waals surface area contributed by atoms with Crippen LogP contribution in [0.3, 0.4) is 0 Å². The van der Waals surface area contributed by atoms with Crippen LogP contribution in [0.25, 0.3) is 0 Å². The number of nitrogens with two attached hydrogens (primary N) is 1. The van der Waals surface area contributed by atoms with Gasteiger partial charge in [-0.05, 0) is 23.8 Å². The molecule has 0 unspecified atom stereocenters. The summed E-state index contributed by atoms with van der Waals surface area (Å²) in [5.74, 6) is 0.601. The molecule has 0 aliphatic carbocycles. The number of likely N-dealkylation sites (N-methyl/N-ethyl adjacent to an activating group) is 1. The van der Waals surface area contributed by atoms with Crippen LogP contribution < -0.4 is 10.6 Å². The summed E-state index contributed by atoms with van der Waals surface area (Å²) in [6.45, 7) is 0. The van der Waals surface area contributed by atoms with E-state index in [9.17, 15) is 4.79 Å². The number of carbonyl (C=O) groups excluding carboxylic acids is 1. The SMILES string of the molecule is CN(C(=O)Cc1ccccc1N)c1ccccn1. The summed E-state index contributed by atoms with van der Waals surface area (Å²) in [6, 6.07) is 12.8. The molecule has 1 heterocycles. The van der Waals surface area contributed by atoms with Crippen LogP contribution in [0.5, 0.6) is 0 Å². The van der Waals surface area contributed by atoms with Crippen LogP contribution in [0.1, 0.15) is 5.56 Å². The van der Waals surface area contributed by atoms with E-state index in [2.05, 4.69) is 4.98 Å². The van der Waals surface area contributed by atoms with E-state index in [1.54, 1.807) is 25.4 Å². The number of para-hydroxylation sites is 1. The Kier molecular flexibility index (Phi) is 3.57. The monoisotopic (exact) mass is 241 g/mol. The van der Waals surface area contributed by atoms with E-state index in [0.717, 1.165) is 5.56 Å². The van der Waals surface area contributed by atoms with Crippen molar-refractivity contribution in [3.8, 4) is 0 Å². The van der Waals surface area contributed by atoms with E-state index in [0.29, 0.717) is 11.5 Å². The number of benzene rings is 1. The smallest absolute Gasteiger partial charge is 0.232 e. The first-order valence-corrected chi connectivity index (χ1v) is 5.69. The van der Waals surface area contributed by atoms with E-state index in [1.807, 2.05) is 30.3 Å². The standard InChI is InChI=1S/C14H15N3O/c1-17(13-8-4-5-9-16-13)14(18)10-11-6-2-3-7-12(11)15/h2-9H,10,15H2,1H3. The molecule has 1 aromatic heterocycles. The lowest BCUT2D eigenvalue weighted by atomic mass is 10.1. The quantitative estimate of drug-likeness (QED) is 0.834. The van der Waals surface area contributed by atoms with Gasteiger partial charge in [-0.2, -0.15) is 0 Å². The zero-order valence-corrected chi connectivity index (χ0v) is 10.2. The van der Waals surface area contributed by atoms with Crippen LogP contribution in [0.4, 0.5) is 11.5 Å². The van der Waals surface area contributed by atoms with Gasteiger partial charge in [0.15, 0.2) is 0 Å². The molecule has 0 aliphatic rings. The van der Waals surface area contributed by atoms with Gasteiger partial charge in [0, 0.05) is 18.9 Å². The van der Waals surface area contributed by atoms with Gasteiger partial charge in [0.05, 0.1) is 6.42 Å². The van der Waals surface area contributed by atoms with Crippen LogP contribution in [-0.4, -0.2) is 17.9 Å². The highest BCUT2D eigenvalue weighted by atomic mass is 16.2. The number of rotatable bonds is 3. The number of anilines is 2. The molecule has 0 radical (unpaired) electrons. The average molecular weight is 241 g/mol. The number of amides is 1. The Morgan fingerprint density at radius 2 is 1.94 bits per heavy atom. The number of nitrogen functional groups attached to an aromatic ring is 1. The van der Waals surface area contributed by atoms with E-state index < -0.39 is 0 Å². The van der Waals surface area contributed by atoms with Crippen LogP contribution in [0.15, 0.2) is 48.7 Å². The van der Waals surface area contributed by atoms with Gasteiger partial charge in [0.25, 0.3) is 0 Å². The highest BCUT2D eigenvalue weighted by Crippen LogP contribution is 2.14. The summed E-state index contributed by atoms with van der Waals surface area (Å²) >= 11 is 0. The van der Waals surface area contributed by atoms with Gasteiger partial charge in [-0.1, -0.05) is 24.3 Å². The number of carbonyl (C=O) groups is 1. The summed E-state index contributed by atoms with van der Waals surface area (Å²) in [5, 5.41) is 0. The van der Waals surface area contributed by atoms with Gasteiger partial charge >= 0.3 is 0 Å². The topological polar surface area (TPSA) is 59.2 Å². The highest BCUT2D eigenvalue weighted by Gasteiger charge is 2.13. The maximum absolute atomic E-state index is 12.1. The van der Waals surface area contributed by atoms with Crippen LogP contribution in [0.2, 0.25) is 0 Å². The van der Waals surface area contributed by atoms with Gasteiger partial charge < -0.3 is 5.73 Å². The first-order valence-electron chi connectivity index (χ1n) is 5.69. The Hall–Kier alpha value is -2.36. The van der Waals surface area contributed by atoms with Crippen molar-refractivity contribution in [2.24, 2.45) is 0 Å². The molecule has 4 nitrogen and oxygen atoms in total. The Morgan fingerprint density at radius 3 is 2.61 bits per heavy atom. The van der Waals surface area contributed by atoms with Crippen molar-refractivity contribution in [2.45, 2.75) is 6.42 Å². The Bertz CT molecular complexity index is 540. The molecule has 92 valence electrons. The molecule has 2 N–H and O–H groups in total. The van der Waals surface area contributed by atoms with Gasteiger partial charge in [0.1, 0.15) is 5.82 Å². The second-order valence-corrected chi connectivity index (χ2v) is 4.02. The predicted molar refractivity (Wildman–Crippen MR) is 72.2 cm³/mol. The highest BCUT2D eigenvalue weighted by molar-refractivity contribution is 5.93. The van der Waals surface area contributed by atoms with Gasteiger partial charge in [-0.15, -0.1) is 0 Å². The molecule has 0 fully saturated rings. The fourth-order valence-corrected chi connectivity index (χ4v) is 1.66. The summed E-state index contributed by atoms with van der Waals surface area (Å²) in [7, 11) is 1.71. The largest absolute Gasteiger partial charge is 0.398 e. The molecule has 0 bridgehead atoms. The molecule has 0 saturated carbocycles. The second kappa shape index (κ2) is 5.31. The van der Waals surface area contributed by atoms with E-state index >= 15 is 0 Å². The van der Waals surface area contributed by atoms with E-state index in [1.165, 1.54) is 4.90 Å². The molecule has 1 aromatic carbocycles. The van der Waals surface area contributed by atoms with E-state index in [-0.39, 0.29) is 12.3 Å². The molecule has 0 aliphatic heterocycles. The third kappa shape index (κ3) is 2.66. The summed E-state index contributed by atoms with van der Waals surface area (Å²) < 4.78 is 0. The average Bonchev–Trinajstić information content (AvgIpc) is 2.41. The molecular weight excluding hydrogens is 226 g/mol. The minimum absolute atomic E-state index is 0.0356. The van der Waals surface area contributed by atoms with Gasteiger partial charge in [-0.3, -0.25) is 9.69 Å². The second-order valence-electron chi connectivity index (χ2n) is 4.02. The normalized spacial score (nSPS) is 10.1. The molecule has 4 heteroatoms. The Balaban J connectivity index is 2.12. The van der Waals surface area contributed by atoms with Crippen LogP contribution in [0, 0.1) is 0 Å². The number of hydrogen-bond acceptors (Lipinski definition) is 3. The van der Waals surface area contributed by atoms with Crippen molar-refractivity contribution >= 4 is 17.4 Å². The fourth-order valence-electron chi connectivity index (χ4n) is 1.66. The number of pyridine rings is 1.